The van der Waals surface area contributed by atoms with Crippen molar-refractivity contribution in [3.05, 3.63) is 29.8 Å². The van der Waals surface area contributed by atoms with Gasteiger partial charge in [0, 0.05) is 17.0 Å². The number of nitrogens with one attached hydrogen (secondary N) is 2. The number of aliphatic hydroxyl groups is 1. The van der Waals surface area contributed by atoms with Crippen molar-refractivity contribution in [2.75, 3.05) is 24.7 Å². The summed E-state index contributed by atoms with van der Waals surface area (Å²) in [6, 6.07) is 7.78. The first kappa shape index (κ1) is 16.0. The molecule has 1 amide bonds. The van der Waals surface area contributed by atoms with Gasteiger partial charge in [-0.15, -0.1) is 0 Å². The van der Waals surface area contributed by atoms with Crippen LogP contribution in [0.2, 0.25) is 0 Å². The molecule has 0 saturated heterocycles. The maximum Gasteiger partial charge on any atom is 0.238 e. The maximum atomic E-state index is 11.8. The van der Waals surface area contributed by atoms with Gasteiger partial charge in [-0.2, -0.15) is 11.8 Å². The number of anilines is 1. The Morgan fingerprint density at radius 3 is 2.79 bits per heavy atom. The summed E-state index contributed by atoms with van der Waals surface area (Å²) in [7, 11) is 0. The van der Waals surface area contributed by atoms with Crippen LogP contribution in [0, 0.1) is 6.92 Å². The van der Waals surface area contributed by atoms with Crippen LogP contribution >= 0.6 is 11.8 Å². The Bertz CT molecular complexity index is 408. The van der Waals surface area contributed by atoms with Crippen LogP contribution in [0.5, 0.6) is 0 Å². The van der Waals surface area contributed by atoms with E-state index in [4.69, 9.17) is 5.11 Å². The minimum Gasteiger partial charge on any atom is -0.395 e. The second kappa shape index (κ2) is 8.19. The molecule has 2 atom stereocenters. The molecule has 0 heterocycles. The van der Waals surface area contributed by atoms with Gasteiger partial charge in [0.15, 0.2) is 0 Å². The van der Waals surface area contributed by atoms with Gasteiger partial charge >= 0.3 is 0 Å². The highest BCUT2D eigenvalue weighted by Crippen LogP contribution is 2.11. The quantitative estimate of drug-likeness (QED) is 0.711. The summed E-state index contributed by atoms with van der Waals surface area (Å²) in [4.78, 5) is 11.8. The highest BCUT2D eigenvalue weighted by Gasteiger charge is 2.15. The van der Waals surface area contributed by atoms with Gasteiger partial charge in [0.2, 0.25) is 5.91 Å². The van der Waals surface area contributed by atoms with Gasteiger partial charge in [0.25, 0.3) is 0 Å². The Balaban J connectivity index is 2.39. The molecule has 19 heavy (non-hydrogen) atoms. The predicted octanol–water partition coefficient (Wildman–Crippen LogP) is 1.64. The van der Waals surface area contributed by atoms with E-state index in [1.54, 1.807) is 11.8 Å². The van der Waals surface area contributed by atoms with E-state index >= 15 is 0 Å². The van der Waals surface area contributed by atoms with Crippen LogP contribution in [-0.4, -0.2) is 41.7 Å². The summed E-state index contributed by atoms with van der Waals surface area (Å²) in [5.74, 6) is -0.0738. The van der Waals surface area contributed by atoms with Gasteiger partial charge in [0.1, 0.15) is 0 Å². The third kappa shape index (κ3) is 5.63. The van der Waals surface area contributed by atoms with Crippen LogP contribution < -0.4 is 10.6 Å². The molecule has 1 aromatic rings. The Morgan fingerprint density at radius 1 is 1.47 bits per heavy atom. The van der Waals surface area contributed by atoms with Crippen molar-refractivity contribution < 1.29 is 9.90 Å². The number of carbonyl (C=O) groups excluding carboxylic acids is 1. The lowest BCUT2D eigenvalue weighted by molar-refractivity contribution is -0.115. The molecule has 0 aliphatic heterocycles. The van der Waals surface area contributed by atoms with Crippen molar-refractivity contribution in [1.29, 1.82) is 0 Å². The molecular formula is C14H22N2O2S. The van der Waals surface area contributed by atoms with E-state index in [0.29, 0.717) is 0 Å². The molecule has 0 saturated carbocycles. The maximum absolute atomic E-state index is 11.8. The molecule has 5 heteroatoms. The second-order valence-corrected chi connectivity index (χ2v) is 5.62. The van der Waals surface area contributed by atoms with Crippen molar-refractivity contribution in [2.45, 2.75) is 25.1 Å². The number of thioether (sulfide) groups is 1. The molecule has 1 rings (SSSR count). The second-order valence-electron chi connectivity index (χ2n) is 4.54. The zero-order valence-electron chi connectivity index (χ0n) is 11.6. The van der Waals surface area contributed by atoms with E-state index < -0.39 is 0 Å². The van der Waals surface area contributed by atoms with Crippen LogP contribution in [-0.2, 0) is 4.79 Å². The molecule has 1 aromatic carbocycles. The monoisotopic (exact) mass is 282 g/mol. The summed E-state index contributed by atoms with van der Waals surface area (Å²) in [5, 5.41) is 15.2. The number of rotatable bonds is 7. The van der Waals surface area contributed by atoms with Gasteiger partial charge in [0.05, 0.1) is 13.2 Å². The number of amides is 1. The van der Waals surface area contributed by atoms with Crippen molar-refractivity contribution in [3.63, 3.8) is 0 Å². The standard InChI is InChI=1S/C14H22N2O2S/c1-10-5-4-6-12(7-10)16-14(18)8-15-11(2)13(9-17)19-3/h4-7,11,13,15,17H,8-9H2,1-3H3,(H,16,18). The molecule has 4 nitrogen and oxygen atoms in total. The number of aryl methyl sites for hydroxylation is 1. The van der Waals surface area contributed by atoms with Gasteiger partial charge < -0.3 is 15.7 Å². The molecule has 0 aliphatic carbocycles. The molecular weight excluding hydrogens is 260 g/mol. The minimum absolute atomic E-state index is 0.0738. The largest absolute Gasteiger partial charge is 0.395 e. The lowest BCUT2D eigenvalue weighted by Crippen LogP contribution is -2.41. The number of hydrogen-bond donors (Lipinski definition) is 3. The van der Waals surface area contributed by atoms with Crippen molar-refractivity contribution >= 4 is 23.4 Å². The van der Waals surface area contributed by atoms with Crippen molar-refractivity contribution in [2.24, 2.45) is 0 Å². The fraction of sp³-hybridized carbons (Fsp3) is 0.500. The van der Waals surface area contributed by atoms with Gasteiger partial charge in [-0.3, -0.25) is 4.79 Å². The molecule has 0 bridgehead atoms. The highest BCUT2D eigenvalue weighted by molar-refractivity contribution is 7.99. The lowest BCUT2D eigenvalue weighted by atomic mass is 10.2. The average molecular weight is 282 g/mol. The number of aliphatic hydroxyl groups excluding tert-OH is 1. The molecule has 0 aromatic heterocycles. The van der Waals surface area contributed by atoms with E-state index in [9.17, 15) is 4.79 Å². The third-order valence-electron chi connectivity index (χ3n) is 2.93. The van der Waals surface area contributed by atoms with Gasteiger partial charge in [-0.1, -0.05) is 12.1 Å². The Labute approximate surface area is 119 Å². The van der Waals surface area contributed by atoms with Crippen LogP contribution in [0.3, 0.4) is 0 Å². The fourth-order valence-corrected chi connectivity index (χ4v) is 2.40. The molecule has 0 aliphatic rings. The normalized spacial score (nSPS) is 13.9. The third-order valence-corrected chi connectivity index (χ3v) is 4.09. The fourth-order valence-electron chi connectivity index (χ4n) is 1.75. The van der Waals surface area contributed by atoms with E-state index in [1.807, 2.05) is 44.4 Å². The minimum atomic E-state index is -0.0738. The van der Waals surface area contributed by atoms with Crippen LogP contribution in [0.15, 0.2) is 24.3 Å². The smallest absolute Gasteiger partial charge is 0.238 e. The Kier molecular flexibility index (Phi) is 6.91. The van der Waals surface area contributed by atoms with E-state index in [1.165, 1.54) is 0 Å². The molecule has 3 N–H and O–H groups in total. The zero-order chi connectivity index (χ0) is 14.3. The van der Waals surface area contributed by atoms with Crippen molar-refractivity contribution in [1.82, 2.24) is 5.32 Å². The van der Waals surface area contributed by atoms with E-state index in [2.05, 4.69) is 10.6 Å². The van der Waals surface area contributed by atoms with Crippen LogP contribution in [0.25, 0.3) is 0 Å². The molecule has 2 unspecified atom stereocenters. The molecule has 106 valence electrons. The SMILES string of the molecule is CSC(CO)C(C)NCC(=O)Nc1cccc(C)c1. The first-order chi connectivity index (χ1) is 9.06. The molecule has 0 spiro atoms. The number of benzene rings is 1. The predicted molar refractivity (Wildman–Crippen MR) is 81.7 cm³/mol. The summed E-state index contributed by atoms with van der Waals surface area (Å²) < 4.78 is 0. The zero-order valence-corrected chi connectivity index (χ0v) is 12.5. The summed E-state index contributed by atoms with van der Waals surface area (Å²) in [5.41, 5.74) is 1.92. The highest BCUT2D eigenvalue weighted by atomic mass is 32.2. The number of carbonyl (C=O) groups is 1. The number of hydrogen-bond acceptors (Lipinski definition) is 4. The summed E-state index contributed by atoms with van der Waals surface area (Å²) >= 11 is 1.59. The Morgan fingerprint density at radius 2 is 2.21 bits per heavy atom. The van der Waals surface area contributed by atoms with E-state index in [0.717, 1.165) is 11.3 Å². The topological polar surface area (TPSA) is 61.4 Å². The van der Waals surface area contributed by atoms with Gasteiger partial charge in [-0.05, 0) is 37.8 Å². The van der Waals surface area contributed by atoms with E-state index in [-0.39, 0.29) is 30.4 Å². The van der Waals surface area contributed by atoms with Crippen molar-refractivity contribution in [3.8, 4) is 0 Å². The van der Waals surface area contributed by atoms with Crippen LogP contribution in [0.4, 0.5) is 5.69 Å². The van der Waals surface area contributed by atoms with Gasteiger partial charge in [-0.25, -0.2) is 0 Å². The average Bonchev–Trinajstić information content (AvgIpc) is 2.38. The molecule has 0 radical (unpaired) electrons. The Hall–Kier alpha value is -1.04. The summed E-state index contributed by atoms with van der Waals surface area (Å²) in [6.45, 7) is 4.30. The van der Waals surface area contributed by atoms with Crippen LogP contribution in [0.1, 0.15) is 12.5 Å². The summed E-state index contributed by atoms with van der Waals surface area (Å²) in [6.07, 6.45) is 1.95. The first-order valence-electron chi connectivity index (χ1n) is 6.30. The lowest BCUT2D eigenvalue weighted by Gasteiger charge is -2.21. The first-order valence-corrected chi connectivity index (χ1v) is 7.59. The molecule has 0 fully saturated rings.